The minimum atomic E-state index is -0.391. The number of carbonyl (C=O) groups is 1. The average molecular weight is 297 g/mol. The van der Waals surface area contributed by atoms with Crippen molar-refractivity contribution in [1.29, 1.82) is 0 Å². The van der Waals surface area contributed by atoms with Crippen molar-refractivity contribution in [2.75, 3.05) is 13.6 Å². The maximum atomic E-state index is 11.9. The Morgan fingerprint density at radius 2 is 2.30 bits per heavy atom. The molecule has 0 bridgehead atoms. The molecule has 1 atom stereocenters. The van der Waals surface area contributed by atoms with E-state index in [1.807, 2.05) is 5.38 Å². The Morgan fingerprint density at radius 3 is 2.85 bits per heavy atom. The first kappa shape index (κ1) is 15.3. The molecule has 0 saturated heterocycles. The molecule has 1 aromatic heterocycles. The van der Waals surface area contributed by atoms with Crippen LogP contribution in [-0.4, -0.2) is 40.7 Å². The lowest BCUT2D eigenvalue weighted by atomic mass is 10.2. The van der Waals surface area contributed by atoms with Crippen molar-refractivity contribution < 1.29 is 9.90 Å². The van der Waals surface area contributed by atoms with E-state index in [1.165, 1.54) is 0 Å². The smallest absolute Gasteiger partial charge is 0.317 e. The molecule has 112 valence electrons. The maximum absolute atomic E-state index is 11.9. The molecule has 6 heteroatoms. The van der Waals surface area contributed by atoms with Crippen molar-refractivity contribution in [1.82, 2.24) is 15.2 Å². The Kier molecular flexibility index (Phi) is 4.99. The number of urea groups is 1. The number of carbonyl (C=O) groups excluding carboxylic acids is 1. The van der Waals surface area contributed by atoms with Crippen molar-refractivity contribution >= 4 is 17.4 Å². The summed E-state index contributed by atoms with van der Waals surface area (Å²) >= 11 is 1.57. The van der Waals surface area contributed by atoms with Crippen LogP contribution in [0.5, 0.6) is 0 Å². The van der Waals surface area contributed by atoms with Gasteiger partial charge in [-0.25, -0.2) is 9.78 Å². The van der Waals surface area contributed by atoms with Crippen LogP contribution in [0.4, 0.5) is 4.79 Å². The van der Waals surface area contributed by atoms with E-state index in [0.29, 0.717) is 24.9 Å². The number of nitrogens with zero attached hydrogens (tertiary/aromatic N) is 2. The van der Waals surface area contributed by atoms with E-state index >= 15 is 0 Å². The predicted octanol–water partition coefficient (Wildman–Crippen LogP) is 2.18. The van der Waals surface area contributed by atoms with Crippen molar-refractivity contribution in [2.24, 2.45) is 5.92 Å². The van der Waals surface area contributed by atoms with Gasteiger partial charge in [0.1, 0.15) is 5.01 Å². The molecule has 0 aromatic carbocycles. The fourth-order valence-electron chi connectivity index (χ4n) is 1.95. The zero-order valence-electron chi connectivity index (χ0n) is 12.3. The minimum Gasteiger partial charge on any atom is -0.391 e. The van der Waals surface area contributed by atoms with Crippen LogP contribution in [0, 0.1) is 5.92 Å². The monoisotopic (exact) mass is 297 g/mol. The van der Waals surface area contributed by atoms with Gasteiger partial charge in [0.05, 0.1) is 18.3 Å². The van der Waals surface area contributed by atoms with E-state index in [2.05, 4.69) is 24.1 Å². The minimum absolute atomic E-state index is 0.161. The molecule has 0 radical (unpaired) electrons. The number of amides is 2. The Labute approximate surface area is 124 Å². The normalized spacial score (nSPS) is 16.2. The first-order valence-electron chi connectivity index (χ1n) is 7.08. The van der Waals surface area contributed by atoms with Crippen LogP contribution in [0.25, 0.3) is 0 Å². The van der Waals surface area contributed by atoms with Gasteiger partial charge in [0.2, 0.25) is 0 Å². The molecule has 2 N–H and O–H groups in total. The highest BCUT2D eigenvalue weighted by Crippen LogP contribution is 2.32. The zero-order chi connectivity index (χ0) is 14.7. The van der Waals surface area contributed by atoms with Crippen molar-refractivity contribution in [3.63, 3.8) is 0 Å². The van der Waals surface area contributed by atoms with Gasteiger partial charge in [0.25, 0.3) is 0 Å². The molecule has 1 aliphatic carbocycles. The van der Waals surface area contributed by atoms with Crippen LogP contribution >= 0.6 is 11.3 Å². The number of hydrogen-bond donors (Lipinski definition) is 2. The van der Waals surface area contributed by atoms with E-state index in [4.69, 9.17) is 0 Å². The third kappa shape index (κ3) is 4.18. The van der Waals surface area contributed by atoms with Crippen LogP contribution < -0.4 is 5.32 Å². The standard InChI is InChI=1S/C14H23N3O2S/c1-9(2)11-8-20-13(16-11)6-15-14(19)17(3)7-12(18)10-4-5-10/h8-10,12,18H,4-7H2,1-3H3,(H,15,19). The Bertz CT molecular complexity index is 457. The fourth-order valence-corrected chi connectivity index (χ4v) is 2.85. The highest BCUT2D eigenvalue weighted by molar-refractivity contribution is 7.09. The van der Waals surface area contributed by atoms with E-state index in [9.17, 15) is 9.90 Å². The molecule has 5 nitrogen and oxygen atoms in total. The lowest BCUT2D eigenvalue weighted by Crippen LogP contribution is -2.41. The maximum Gasteiger partial charge on any atom is 0.317 e. The van der Waals surface area contributed by atoms with Gasteiger partial charge < -0.3 is 15.3 Å². The van der Waals surface area contributed by atoms with Crippen LogP contribution in [0.3, 0.4) is 0 Å². The van der Waals surface area contributed by atoms with Crippen LogP contribution in [0.1, 0.15) is 43.3 Å². The zero-order valence-corrected chi connectivity index (χ0v) is 13.1. The lowest BCUT2D eigenvalue weighted by molar-refractivity contribution is 0.113. The molecule has 20 heavy (non-hydrogen) atoms. The van der Waals surface area contributed by atoms with Crippen LogP contribution in [0.15, 0.2) is 5.38 Å². The Morgan fingerprint density at radius 1 is 1.60 bits per heavy atom. The van der Waals surface area contributed by atoms with Crippen LogP contribution in [0.2, 0.25) is 0 Å². The molecule has 2 amide bonds. The first-order valence-corrected chi connectivity index (χ1v) is 7.96. The van der Waals surface area contributed by atoms with Crippen LogP contribution in [-0.2, 0) is 6.54 Å². The summed E-state index contributed by atoms with van der Waals surface area (Å²) in [4.78, 5) is 17.9. The first-order chi connectivity index (χ1) is 9.47. The number of rotatable bonds is 6. The lowest BCUT2D eigenvalue weighted by Gasteiger charge is -2.20. The van der Waals surface area contributed by atoms with E-state index in [0.717, 1.165) is 23.5 Å². The molecule has 1 fully saturated rings. The SMILES string of the molecule is CC(C)c1csc(CNC(=O)N(C)CC(O)C2CC2)n1. The second kappa shape index (κ2) is 6.54. The number of nitrogens with one attached hydrogen (secondary N) is 1. The third-order valence-electron chi connectivity index (χ3n) is 3.53. The topological polar surface area (TPSA) is 65.5 Å². The number of likely N-dealkylation sites (N-methyl/N-ethyl adjacent to an activating group) is 1. The molecular weight excluding hydrogens is 274 g/mol. The summed E-state index contributed by atoms with van der Waals surface area (Å²) in [7, 11) is 1.71. The predicted molar refractivity (Wildman–Crippen MR) is 79.8 cm³/mol. The quantitative estimate of drug-likeness (QED) is 0.846. The van der Waals surface area contributed by atoms with Gasteiger partial charge in [0.15, 0.2) is 0 Å². The number of thiazole rings is 1. The molecule has 2 rings (SSSR count). The molecule has 0 spiro atoms. The summed E-state index contributed by atoms with van der Waals surface area (Å²) in [6.07, 6.45) is 1.76. The van der Waals surface area contributed by atoms with Crippen molar-refractivity contribution in [3.05, 3.63) is 16.1 Å². The summed E-state index contributed by atoms with van der Waals surface area (Å²) in [6.45, 7) is 5.04. The molecule has 0 aliphatic heterocycles. The molecular formula is C14H23N3O2S. The van der Waals surface area contributed by atoms with E-state index in [1.54, 1.807) is 23.3 Å². The summed E-state index contributed by atoms with van der Waals surface area (Å²) < 4.78 is 0. The van der Waals surface area contributed by atoms with E-state index in [-0.39, 0.29) is 6.03 Å². The van der Waals surface area contributed by atoms with Crippen molar-refractivity contribution in [3.8, 4) is 0 Å². The summed E-state index contributed by atoms with van der Waals surface area (Å²) in [5, 5.41) is 15.6. The van der Waals surface area contributed by atoms with E-state index < -0.39 is 6.10 Å². The molecule has 1 aromatic rings. The number of aromatic nitrogens is 1. The summed E-state index contributed by atoms with van der Waals surface area (Å²) in [6, 6.07) is -0.161. The number of hydrogen-bond acceptors (Lipinski definition) is 4. The average Bonchev–Trinajstić information content (AvgIpc) is 3.14. The van der Waals surface area contributed by atoms with Gasteiger partial charge in [-0.05, 0) is 24.7 Å². The molecule has 1 heterocycles. The van der Waals surface area contributed by atoms with Crippen molar-refractivity contribution in [2.45, 2.75) is 45.3 Å². The van der Waals surface area contributed by atoms with Gasteiger partial charge >= 0.3 is 6.03 Å². The molecule has 1 saturated carbocycles. The largest absolute Gasteiger partial charge is 0.391 e. The van der Waals surface area contributed by atoms with Gasteiger partial charge in [-0.3, -0.25) is 0 Å². The third-order valence-corrected chi connectivity index (χ3v) is 4.39. The number of aliphatic hydroxyl groups excluding tert-OH is 1. The molecule has 1 aliphatic rings. The van der Waals surface area contributed by atoms with Gasteiger partial charge in [-0.15, -0.1) is 11.3 Å². The Hall–Kier alpha value is -1.14. The Balaban J connectivity index is 1.75. The summed E-state index contributed by atoms with van der Waals surface area (Å²) in [5.41, 5.74) is 1.07. The molecule has 1 unspecified atom stereocenters. The van der Waals surface area contributed by atoms with Gasteiger partial charge in [-0.1, -0.05) is 13.8 Å². The second-order valence-electron chi connectivity index (χ2n) is 5.76. The number of aliphatic hydroxyl groups is 1. The fraction of sp³-hybridized carbons (Fsp3) is 0.714. The summed E-state index contributed by atoms with van der Waals surface area (Å²) in [5.74, 6) is 0.796. The van der Waals surface area contributed by atoms with Gasteiger partial charge in [-0.2, -0.15) is 0 Å². The highest BCUT2D eigenvalue weighted by Gasteiger charge is 2.31. The second-order valence-corrected chi connectivity index (χ2v) is 6.71. The highest BCUT2D eigenvalue weighted by atomic mass is 32.1. The van der Waals surface area contributed by atoms with Gasteiger partial charge in [0, 0.05) is 19.0 Å².